The number of aromatic nitrogens is 3. The van der Waals surface area contributed by atoms with Crippen LogP contribution >= 0.6 is 0 Å². The highest BCUT2D eigenvalue weighted by atomic mass is 32.2. The van der Waals surface area contributed by atoms with Gasteiger partial charge in [0.25, 0.3) is 0 Å². The maximum absolute atomic E-state index is 13.2. The van der Waals surface area contributed by atoms with E-state index in [1.165, 1.54) is 11.8 Å². The molecule has 0 radical (unpaired) electrons. The van der Waals surface area contributed by atoms with E-state index in [0.29, 0.717) is 22.9 Å². The predicted molar refractivity (Wildman–Crippen MR) is 110 cm³/mol. The van der Waals surface area contributed by atoms with E-state index in [0.717, 1.165) is 5.56 Å². The molecule has 0 atom stereocenters. The molecule has 0 fully saturated rings. The van der Waals surface area contributed by atoms with Crippen LogP contribution in [0.25, 0.3) is 5.69 Å². The molecule has 0 saturated heterocycles. The minimum absolute atomic E-state index is 0.0652. The van der Waals surface area contributed by atoms with Crippen LogP contribution in [-0.2, 0) is 15.3 Å². The Hall–Kier alpha value is -2.87. The number of nitrogens with zero attached hydrogens (tertiary/aromatic N) is 3. The molecule has 0 amide bonds. The number of hydrogen-bond donors (Lipinski definition) is 0. The van der Waals surface area contributed by atoms with Crippen molar-refractivity contribution in [1.82, 2.24) is 15.0 Å². The highest BCUT2D eigenvalue weighted by molar-refractivity contribution is 7.91. The predicted octanol–water partition coefficient (Wildman–Crippen LogP) is 3.72. The van der Waals surface area contributed by atoms with E-state index in [4.69, 9.17) is 9.47 Å². The maximum Gasteiger partial charge on any atom is 0.227 e. The molecule has 0 saturated carbocycles. The maximum atomic E-state index is 13.2. The monoisotopic (exact) mass is 415 g/mol. The van der Waals surface area contributed by atoms with Gasteiger partial charge in [-0.2, -0.15) is 0 Å². The van der Waals surface area contributed by atoms with Crippen LogP contribution in [0.5, 0.6) is 11.5 Å². The van der Waals surface area contributed by atoms with Crippen LogP contribution in [0.2, 0.25) is 0 Å². The summed E-state index contributed by atoms with van der Waals surface area (Å²) < 4.78 is 38.4. The summed E-state index contributed by atoms with van der Waals surface area (Å²) in [6.45, 7) is 7.89. The highest BCUT2D eigenvalue weighted by Crippen LogP contribution is 2.31. The number of methoxy groups -OCH3 is 2. The van der Waals surface area contributed by atoms with E-state index >= 15 is 0 Å². The Bertz CT molecular complexity index is 1130. The second kappa shape index (κ2) is 7.51. The number of rotatable bonds is 5. The molecule has 0 aliphatic heterocycles. The average molecular weight is 416 g/mol. The fourth-order valence-electron chi connectivity index (χ4n) is 3.00. The van der Waals surface area contributed by atoms with Gasteiger partial charge in [-0.3, -0.25) is 0 Å². The van der Waals surface area contributed by atoms with Crippen molar-refractivity contribution in [1.29, 1.82) is 0 Å². The van der Waals surface area contributed by atoms with Gasteiger partial charge in [0.1, 0.15) is 17.2 Å². The van der Waals surface area contributed by atoms with Crippen molar-refractivity contribution in [2.75, 3.05) is 14.2 Å². The van der Waals surface area contributed by atoms with Gasteiger partial charge in [0, 0.05) is 6.07 Å². The Morgan fingerprint density at radius 2 is 1.62 bits per heavy atom. The van der Waals surface area contributed by atoms with Gasteiger partial charge in [-0.1, -0.05) is 38.1 Å². The molecule has 0 bridgehead atoms. The molecule has 1 aromatic heterocycles. The highest BCUT2D eigenvalue weighted by Gasteiger charge is 2.27. The standard InChI is InChI=1S/C21H25N3O4S/c1-14-20(29(25,26)17-10-7-15(8-11-17)21(2,3)4)22-23-24(14)18-13-16(27-5)9-12-19(18)28-6/h7-13H,1-6H3. The summed E-state index contributed by atoms with van der Waals surface area (Å²) in [5.74, 6) is 1.12. The molecule has 2 aromatic carbocycles. The summed E-state index contributed by atoms with van der Waals surface area (Å²) in [6, 6.07) is 12.1. The smallest absolute Gasteiger partial charge is 0.227 e. The van der Waals surface area contributed by atoms with Crippen LogP contribution in [-0.4, -0.2) is 37.6 Å². The zero-order valence-corrected chi connectivity index (χ0v) is 18.2. The third-order valence-electron chi connectivity index (χ3n) is 4.75. The first-order valence-corrected chi connectivity index (χ1v) is 10.6. The summed E-state index contributed by atoms with van der Waals surface area (Å²) in [5, 5.41) is 7.95. The van der Waals surface area contributed by atoms with E-state index in [1.807, 2.05) is 12.1 Å². The quantitative estimate of drug-likeness (QED) is 0.631. The van der Waals surface area contributed by atoms with Crippen LogP contribution < -0.4 is 9.47 Å². The van der Waals surface area contributed by atoms with Crippen molar-refractivity contribution in [3.8, 4) is 17.2 Å². The van der Waals surface area contributed by atoms with Gasteiger partial charge >= 0.3 is 0 Å². The lowest BCUT2D eigenvalue weighted by molar-refractivity contribution is 0.400. The third-order valence-corrected chi connectivity index (χ3v) is 6.53. The first kappa shape index (κ1) is 20.9. The van der Waals surface area contributed by atoms with Crippen LogP contribution in [0, 0.1) is 6.92 Å². The summed E-state index contributed by atoms with van der Waals surface area (Å²) in [4.78, 5) is 0.179. The van der Waals surface area contributed by atoms with E-state index in [-0.39, 0.29) is 15.3 Å². The number of hydrogen-bond acceptors (Lipinski definition) is 6. The van der Waals surface area contributed by atoms with Crippen LogP contribution in [0.3, 0.4) is 0 Å². The average Bonchev–Trinajstić information content (AvgIpc) is 3.08. The molecule has 8 heteroatoms. The first-order valence-electron chi connectivity index (χ1n) is 9.10. The zero-order valence-electron chi connectivity index (χ0n) is 17.4. The Morgan fingerprint density at radius 3 is 2.17 bits per heavy atom. The second-order valence-corrected chi connectivity index (χ2v) is 9.57. The lowest BCUT2D eigenvalue weighted by Gasteiger charge is -2.19. The van der Waals surface area contributed by atoms with Crippen molar-refractivity contribution in [2.24, 2.45) is 0 Å². The molecular formula is C21H25N3O4S. The van der Waals surface area contributed by atoms with Gasteiger partial charge in [-0.05, 0) is 42.2 Å². The van der Waals surface area contributed by atoms with Crippen LogP contribution in [0.1, 0.15) is 32.0 Å². The summed E-state index contributed by atoms with van der Waals surface area (Å²) >= 11 is 0. The van der Waals surface area contributed by atoms with E-state index in [2.05, 4.69) is 31.1 Å². The normalized spacial score (nSPS) is 12.1. The molecule has 7 nitrogen and oxygen atoms in total. The summed E-state index contributed by atoms with van der Waals surface area (Å²) in [7, 11) is -0.735. The Balaban J connectivity index is 2.07. The molecule has 0 spiro atoms. The van der Waals surface area contributed by atoms with Gasteiger partial charge in [0.15, 0.2) is 0 Å². The number of benzene rings is 2. The number of ether oxygens (including phenoxy) is 2. The lowest BCUT2D eigenvalue weighted by Crippen LogP contribution is -2.12. The minimum Gasteiger partial charge on any atom is -0.497 e. The molecule has 29 heavy (non-hydrogen) atoms. The molecule has 0 aliphatic carbocycles. The van der Waals surface area contributed by atoms with Gasteiger partial charge in [-0.25, -0.2) is 13.1 Å². The van der Waals surface area contributed by atoms with Crippen molar-refractivity contribution in [3.05, 3.63) is 53.7 Å². The molecule has 3 rings (SSSR count). The van der Waals surface area contributed by atoms with Gasteiger partial charge in [0.2, 0.25) is 14.9 Å². The van der Waals surface area contributed by atoms with Crippen LogP contribution in [0.4, 0.5) is 0 Å². The lowest BCUT2D eigenvalue weighted by atomic mass is 9.87. The van der Waals surface area contributed by atoms with E-state index in [9.17, 15) is 8.42 Å². The molecule has 3 aromatic rings. The van der Waals surface area contributed by atoms with Gasteiger partial charge in [-0.15, -0.1) is 5.10 Å². The summed E-state index contributed by atoms with van der Waals surface area (Å²) in [6.07, 6.45) is 0. The molecule has 0 unspecified atom stereocenters. The van der Waals surface area contributed by atoms with E-state index in [1.54, 1.807) is 44.4 Å². The molecule has 0 aliphatic rings. The SMILES string of the molecule is COc1ccc(OC)c(-n2nnc(S(=O)(=O)c3ccc(C(C)(C)C)cc3)c2C)c1. The first-order chi connectivity index (χ1) is 13.6. The Labute approximate surface area is 171 Å². The molecule has 154 valence electrons. The van der Waals surface area contributed by atoms with Crippen LogP contribution in [0.15, 0.2) is 52.4 Å². The summed E-state index contributed by atoms with van der Waals surface area (Å²) in [5.41, 5.74) is 1.92. The topological polar surface area (TPSA) is 83.3 Å². The van der Waals surface area contributed by atoms with Crippen molar-refractivity contribution in [3.63, 3.8) is 0 Å². The molecule has 1 heterocycles. The molecular weight excluding hydrogens is 390 g/mol. The van der Waals surface area contributed by atoms with Crippen molar-refractivity contribution < 1.29 is 17.9 Å². The van der Waals surface area contributed by atoms with Gasteiger partial charge in [0.05, 0.1) is 24.8 Å². The largest absolute Gasteiger partial charge is 0.497 e. The second-order valence-electron chi connectivity index (χ2n) is 7.71. The Kier molecular flexibility index (Phi) is 5.40. The van der Waals surface area contributed by atoms with Crippen molar-refractivity contribution >= 4 is 9.84 Å². The van der Waals surface area contributed by atoms with Gasteiger partial charge < -0.3 is 9.47 Å². The number of sulfone groups is 1. The Morgan fingerprint density at radius 1 is 0.966 bits per heavy atom. The zero-order chi connectivity index (χ0) is 21.4. The fraction of sp³-hybridized carbons (Fsp3) is 0.333. The van der Waals surface area contributed by atoms with E-state index < -0.39 is 9.84 Å². The third kappa shape index (κ3) is 3.85. The molecule has 0 N–H and O–H groups in total. The minimum atomic E-state index is -3.82. The van der Waals surface area contributed by atoms with Crippen molar-refractivity contribution in [2.45, 2.75) is 43.0 Å². The fourth-order valence-corrected chi connectivity index (χ4v) is 4.34.